The second-order valence-corrected chi connectivity index (χ2v) is 7.93. The number of sulfonamides is 1. The van der Waals surface area contributed by atoms with Crippen LogP contribution in [0.3, 0.4) is 0 Å². The van der Waals surface area contributed by atoms with Crippen LogP contribution in [0.15, 0.2) is 52.1 Å². The first-order valence-corrected chi connectivity index (χ1v) is 9.70. The predicted molar refractivity (Wildman–Crippen MR) is 91.3 cm³/mol. The lowest BCUT2D eigenvalue weighted by Gasteiger charge is -2.30. The first-order valence-electron chi connectivity index (χ1n) is 8.26. The number of aromatic nitrogens is 3. The van der Waals surface area contributed by atoms with Crippen molar-refractivity contribution in [2.24, 2.45) is 0 Å². The molecular formula is C17H14F2N4O4S. The highest BCUT2D eigenvalue weighted by Crippen LogP contribution is 2.27. The molecular weight excluding hydrogens is 394 g/mol. The number of pyridine rings is 1. The Bertz CT molecular complexity index is 1090. The number of hydrogen-bond acceptors (Lipinski definition) is 7. The van der Waals surface area contributed by atoms with Crippen molar-refractivity contribution in [1.29, 1.82) is 0 Å². The lowest BCUT2D eigenvalue weighted by molar-refractivity contribution is -0.0199. The van der Waals surface area contributed by atoms with E-state index < -0.39 is 27.8 Å². The lowest BCUT2D eigenvalue weighted by Crippen LogP contribution is -2.42. The zero-order valence-electron chi connectivity index (χ0n) is 14.3. The second kappa shape index (κ2) is 7.34. The molecule has 0 unspecified atom stereocenters. The largest absolute Gasteiger partial charge is 0.366 e. The molecule has 146 valence electrons. The van der Waals surface area contributed by atoms with Crippen molar-refractivity contribution in [3.63, 3.8) is 0 Å². The summed E-state index contributed by atoms with van der Waals surface area (Å²) < 4.78 is 64.0. The predicted octanol–water partition coefficient (Wildman–Crippen LogP) is 2.17. The van der Waals surface area contributed by atoms with Crippen LogP contribution in [0.2, 0.25) is 0 Å². The number of ether oxygens (including phenoxy) is 1. The van der Waals surface area contributed by atoms with Crippen molar-refractivity contribution in [2.45, 2.75) is 11.0 Å². The van der Waals surface area contributed by atoms with Crippen LogP contribution < -0.4 is 0 Å². The van der Waals surface area contributed by atoms with Gasteiger partial charge in [-0.3, -0.25) is 4.98 Å². The molecule has 0 radical (unpaired) electrons. The summed E-state index contributed by atoms with van der Waals surface area (Å²) in [5.41, 5.74) is 0.687. The van der Waals surface area contributed by atoms with E-state index in [4.69, 9.17) is 9.26 Å². The maximum Gasteiger partial charge on any atom is 0.257 e. The van der Waals surface area contributed by atoms with Gasteiger partial charge in [-0.15, -0.1) is 0 Å². The van der Waals surface area contributed by atoms with Crippen molar-refractivity contribution < 1.29 is 26.5 Å². The highest BCUT2D eigenvalue weighted by atomic mass is 32.2. The molecule has 1 fully saturated rings. The van der Waals surface area contributed by atoms with E-state index in [0.717, 1.165) is 16.4 Å². The van der Waals surface area contributed by atoms with Crippen LogP contribution in [-0.4, -0.2) is 47.5 Å². The zero-order chi connectivity index (χ0) is 19.7. The van der Waals surface area contributed by atoms with Crippen molar-refractivity contribution in [1.82, 2.24) is 19.4 Å². The molecule has 1 aromatic carbocycles. The number of hydrogen-bond donors (Lipinski definition) is 0. The Labute approximate surface area is 158 Å². The van der Waals surface area contributed by atoms with Crippen LogP contribution in [0, 0.1) is 11.6 Å². The van der Waals surface area contributed by atoms with E-state index in [1.54, 1.807) is 24.5 Å². The summed E-state index contributed by atoms with van der Waals surface area (Å²) in [5, 5.41) is 3.88. The lowest BCUT2D eigenvalue weighted by atomic mass is 10.2. The molecule has 0 N–H and O–H groups in total. The topological polar surface area (TPSA) is 98.4 Å². The van der Waals surface area contributed by atoms with Crippen molar-refractivity contribution in [3.05, 3.63) is 60.3 Å². The average molecular weight is 408 g/mol. The van der Waals surface area contributed by atoms with Crippen LogP contribution >= 0.6 is 0 Å². The summed E-state index contributed by atoms with van der Waals surface area (Å²) in [6.45, 7) is 0.0447. The highest BCUT2D eigenvalue weighted by molar-refractivity contribution is 7.89. The minimum atomic E-state index is -4.04. The van der Waals surface area contributed by atoms with Gasteiger partial charge < -0.3 is 9.26 Å². The van der Waals surface area contributed by atoms with Gasteiger partial charge in [-0.05, 0) is 30.3 Å². The molecule has 28 heavy (non-hydrogen) atoms. The number of morpholine rings is 1. The summed E-state index contributed by atoms with van der Waals surface area (Å²) in [6, 6.07) is 5.86. The number of rotatable bonds is 4. The fourth-order valence-electron chi connectivity index (χ4n) is 2.76. The van der Waals surface area contributed by atoms with E-state index in [2.05, 4.69) is 15.1 Å². The summed E-state index contributed by atoms with van der Waals surface area (Å²) in [6.07, 6.45) is 2.38. The molecule has 2 aromatic heterocycles. The van der Waals surface area contributed by atoms with Crippen LogP contribution in [0.25, 0.3) is 11.4 Å². The van der Waals surface area contributed by atoms with Gasteiger partial charge in [0.2, 0.25) is 15.8 Å². The van der Waals surface area contributed by atoms with Crippen LogP contribution in [0.1, 0.15) is 12.0 Å². The van der Waals surface area contributed by atoms with Crippen LogP contribution in [-0.2, 0) is 14.8 Å². The van der Waals surface area contributed by atoms with Gasteiger partial charge in [-0.2, -0.15) is 9.29 Å². The molecule has 1 atom stereocenters. The minimum absolute atomic E-state index is 0.0587. The van der Waals surface area contributed by atoms with Gasteiger partial charge >= 0.3 is 0 Å². The third-order valence-electron chi connectivity index (χ3n) is 4.21. The molecule has 1 saturated heterocycles. The molecule has 0 amide bonds. The molecule has 4 rings (SSSR count). The third-order valence-corrected chi connectivity index (χ3v) is 6.07. The van der Waals surface area contributed by atoms with Gasteiger partial charge in [0.25, 0.3) is 5.89 Å². The van der Waals surface area contributed by atoms with Crippen molar-refractivity contribution >= 4 is 10.0 Å². The summed E-state index contributed by atoms with van der Waals surface area (Å²) in [5.74, 6) is -1.91. The number of nitrogens with zero attached hydrogens (tertiary/aromatic N) is 4. The maximum atomic E-state index is 13.5. The quantitative estimate of drug-likeness (QED) is 0.652. The molecule has 0 bridgehead atoms. The fourth-order valence-corrected chi connectivity index (χ4v) is 4.20. The maximum absolute atomic E-state index is 13.5. The molecule has 8 nitrogen and oxygen atoms in total. The smallest absolute Gasteiger partial charge is 0.257 e. The van der Waals surface area contributed by atoms with E-state index in [1.807, 2.05) is 0 Å². The number of halogens is 2. The van der Waals surface area contributed by atoms with Gasteiger partial charge in [-0.25, -0.2) is 17.2 Å². The van der Waals surface area contributed by atoms with E-state index in [9.17, 15) is 17.2 Å². The molecule has 0 aliphatic carbocycles. The molecule has 0 saturated carbocycles. The molecule has 3 aromatic rings. The summed E-state index contributed by atoms with van der Waals surface area (Å²) in [4.78, 5) is 7.83. The Kier molecular flexibility index (Phi) is 4.87. The minimum Gasteiger partial charge on any atom is -0.366 e. The Morgan fingerprint density at radius 1 is 1.11 bits per heavy atom. The Morgan fingerprint density at radius 3 is 2.64 bits per heavy atom. The Morgan fingerprint density at radius 2 is 1.89 bits per heavy atom. The normalized spacial score (nSPS) is 18.3. The van der Waals surface area contributed by atoms with Crippen molar-refractivity contribution in [2.75, 3.05) is 19.7 Å². The molecule has 1 aliphatic heterocycles. The monoisotopic (exact) mass is 408 g/mol. The van der Waals surface area contributed by atoms with Gasteiger partial charge in [0.15, 0.2) is 17.7 Å². The summed E-state index contributed by atoms with van der Waals surface area (Å²) >= 11 is 0. The van der Waals surface area contributed by atoms with Crippen LogP contribution in [0.5, 0.6) is 0 Å². The van der Waals surface area contributed by atoms with Gasteiger partial charge in [0, 0.05) is 31.0 Å². The Hall–Kier alpha value is -2.76. The fraction of sp³-hybridized carbons (Fsp3) is 0.235. The summed E-state index contributed by atoms with van der Waals surface area (Å²) in [7, 11) is -4.04. The second-order valence-electron chi connectivity index (χ2n) is 5.99. The van der Waals surface area contributed by atoms with Gasteiger partial charge in [-0.1, -0.05) is 5.16 Å². The third kappa shape index (κ3) is 3.51. The van der Waals surface area contributed by atoms with E-state index in [-0.39, 0.29) is 30.5 Å². The molecule has 1 aliphatic rings. The average Bonchev–Trinajstić information content (AvgIpc) is 3.21. The molecule has 0 spiro atoms. The first-order chi connectivity index (χ1) is 13.4. The van der Waals surface area contributed by atoms with E-state index in [0.29, 0.717) is 17.5 Å². The molecule has 11 heteroatoms. The Balaban J connectivity index is 1.56. The van der Waals surface area contributed by atoms with Crippen molar-refractivity contribution in [3.8, 4) is 11.4 Å². The van der Waals surface area contributed by atoms with Gasteiger partial charge in [0.05, 0.1) is 11.5 Å². The van der Waals surface area contributed by atoms with E-state index >= 15 is 0 Å². The van der Waals surface area contributed by atoms with Crippen LogP contribution in [0.4, 0.5) is 8.78 Å². The standard InChI is InChI=1S/C17H14F2N4O4S/c18-13-2-1-12(9-14(13)19)28(24,25)23-7-8-26-15(10-23)17-21-16(22-27-17)11-3-5-20-6-4-11/h1-6,9,15H,7-8,10H2/t15-/m1/s1. The van der Waals surface area contributed by atoms with Gasteiger partial charge in [0.1, 0.15) is 0 Å². The number of benzene rings is 1. The SMILES string of the molecule is O=S(=O)(c1ccc(F)c(F)c1)N1CCO[C@@H](c2nc(-c3ccncc3)no2)C1. The van der Waals surface area contributed by atoms with E-state index in [1.165, 1.54) is 0 Å². The first kappa shape index (κ1) is 18.6. The zero-order valence-corrected chi connectivity index (χ0v) is 15.1. The highest BCUT2D eigenvalue weighted by Gasteiger charge is 2.34. The molecule has 3 heterocycles.